The molecule has 0 atom stereocenters. The summed E-state index contributed by atoms with van der Waals surface area (Å²) in [5, 5.41) is 0.649. The maximum Gasteiger partial charge on any atom is 0.410 e. The molecule has 112 valence electrons. The van der Waals surface area contributed by atoms with Crippen LogP contribution < -0.4 is 0 Å². The number of hydrogen-bond acceptors (Lipinski definition) is 2. The third kappa shape index (κ3) is 2.60. The van der Waals surface area contributed by atoms with Crippen LogP contribution in [0.2, 0.25) is 0 Å². The Hall–Kier alpha value is -2.04. The average Bonchev–Trinajstić information content (AvgIpc) is 2.75. The summed E-state index contributed by atoms with van der Waals surface area (Å²) < 4.78 is 19.3. The van der Waals surface area contributed by atoms with Gasteiger partial charge in [0.2, 0.25) is 0 Å². The number of nitrogens with zero attached hydrogens (tertiary/aromatic N) is 1. The van der Waals surface area contributed by atoms with Gasteiger partial charge in [0.15, 0.2) is 0 Å². The van der Waals surface area contributed by atoms with Gasteiger partial charge in [0.05, 0.1) is 6.54 Å². The number of amides is 1. The number of ether oxygens (including phenoxy) is 1. The number of aromatic nitrogens is 1. The van der Waals surface area contributed by atoms with E-state index < -0.39 is 5.60 Å². The molecule has 21 heavy (non-hydrogen) atoms. The molecule has 3 rings (SSSR count). The molecule has 0 aliphatic carbocycles. The lowest BCUT2D eigenvalue weighted by Crippen LogP contribution is -2.39. The van der Waals surface area contributed by atoms with Crippen molar-refractivity contribution < 1.29 is 13.9 Å². The molecule has 0 radical (unpaired) electrons. The van der Waals surface area contributed by atoms with E-state index in [1.165, 1.54) is 6.07 Å². The van der Waals surface area contributed by atoms with Crippen molar-refractivity contribution in [3.8, 4) is 0 Å². The van der Waals surface area contributed by atoms with E-state index in [9.17, 15) is 9.18 Å². The molecule has 4 nitrogen and oxygen atoms in total. The van der Waals surface area contributed by atoms with E-state index in [1.807, 2.05) is 26.8 Å². The number of carbonyl (C=O) groups is 1. The topological polar surface area (TPSA) is 45.3 Å². The molecule has 0 unspecified atom stereocenters. The maximum absolute atomic E-state index is 14.0. The normalized spacial score (nSPS) is 15.1. The van der Waals surface area contributed by atoms with Gasteiger partial charge in [0.1, 0.15) is 11.4 Å². The molecule has 1 aliphatic heterocycles. The molecule has 1 aromatic carbocycles. The highest BCUT2D eigenvalue weighted by Gasteiger charge is 2.28. The van der Waals surface area contributed by atoms with Crippen molar-refractivity contribution in [2.75, 3.05) is 6.54 Å². The monoisotopic (exact) mass is 290 g/mol. The van der Waals surface area contributed by atoms with Crippen molar-refractivity contribution in [1.29, 1.82) is 0 Å². The Bertz CT molecular complexity index is 700. The summed E-state index contributed by atoms with van der Waals surface area (Å²) in [5.74, 6) is -0.212. The summed E-state index contributed by atoms with van der Waals surface area (Å²) in [4.78, 5) is 17.0. The van der Waals surface area contributed by atoms with Crippen LogP contribution in [0, 0.1) is 5.82 Å². The standard InChI is InChI=1S/C16H19FN2O2/c1-16(2,3)21-15(20)19-8-7-10-13(9-19)18-12-6-4-5-11(17)14(10)12/h4-6,18H,7-9H2,1-3H3. The van der Waals surface area contributed by atoms with Gasteiger partial charge in [-0.05, 0) is 44.9 Å². The van der Waals surface area contributed by atoms with E-state index in [0.717, 1.165) is 16.8 Å². The zero-order valence-corrected chi connectivity index (χ0v) is 12.5. The van der Waals surface area contributed by atoms with Crippen molar-refractivity contribution in [2.24, 2.45) is 0 Å². The Morgan fingerprint density at radius 2 is 2.14 bits per heavy atom. The molecule has 1 aliphatic rings. The summed E-state index contributed by atoms with van der Waals surface area (Å²) >= 11 is 0. The van der Waals surface area contributed by atoms with Crippen molar-refractivity contribution in [1.82, 2.24) is 9.88 Å². The van der Waals surface area contributed by atoms with Gasteiger partial charge in [0, 0.05) is 23.1 Å². The molecule has 0 spiro atoms. The number of hydrogen-bond donors (Lipinski definition) is 1. The highest BCUT2D eigenvalue weighted by atomic mass is 19.1. The molecule has 0 saturated heterocycles. The lowest BCUT2D eigenvalue weighted by atomic mass is 10.0. The van der Waals surface area contributed by atoms with Crippen molar-refractivity contribution in [3.63, 3.8) is 0 Å². The number of halogens is 1. The van der Waals surface area contributed by atoms with E-state index in [0.29, 0.717) is 24.9 Å². The molecule has 1 amide bonds. The van der Waals surface area contributed by atoms with Crippen LogP contribution in [0.15, 0.2) is 18.2 Å². The van der Waals surface area contributed by atoms with Gasteiger partial charge < -0.3 is 14.6 Å². The van der Waals surface area contributed by atoms with Gasteiger partial charge in [-0.25, -0.2) is 9.18 Å². The molecule has 1 aromatic heterocycles. The van der Waals surface area contributed by atoms with Crippen LogP contribution in [0.5, 0.6) is 0 Å². The average molecular weight is 290 g/mol. The third-order valence-electron chi connectivity index (χ3n) is 3.60. The van der Waals surface area contributed by atoms with Gasteiger partial charge in [-0.1, -0.05) is 6.07 Å². The molecule has 1 N–H and O–H groups in total. The van der Waals surface area contributed by atoms with Crippen LogP contribution in [0.4, 0.5) is 9.18 Å². The number of carbonyl (C=O) groups excluding carboxylic acids is 1. The first kappa shape index (κ1) is 13.9. The lowest BCUT2D eigenvalue weighted by molar-refractivity contribution is 0.0222. The van der Waals surface area contributed by atoms with E-state index in [2.05, 4.69) is 4.98 Å². The molecule has 2 heterocycles. The fourth-order valence-electron chi connectivity index (χ4n) is 2.73. The Labute approximate surface area is 122 Å². The van der Waals surface area contributed by atoms with Crippen LogP contribution in [0.25, 0.3) is 10.9 Å². The van der Waals surface area contributed by atoms with E-state index >= 15 is 0 Å². The minimum atomic E-state index is -0.510. The fraction of sp³-hybridized carbons (Fsp3) is 0.438. The molecule has 0 fully saturated rings. The summed E-state index contributed by atoms with van der Waals surface area (Å²) in [6, 6.07) is 5.01. The SMILES string of the molecule is CC(C)(C)OC(=O)N1CCc2c([nH]c3cccc(F)c23)C1. The van der Waals surface area contributed by atoms with Gasteiger partial charge in [-0.15, -0.1) is 0 Å². The summed E-state index contributed by atoms with van der Waals surface area (Å²) in [6.07, 6.45) is 0.308. The van der Waals surface area contributed by atoms with Crippen molar-refractivity contribution in [2.45, 2.75) is 39.3 Å². The largest absolute Gasteiger partial charge is 0.444 e. The number of benzene rings is 1. The lowest BCUT2D eigenvalue weighted by Gasteiger charge is -2.30. The molecule has 0 saturated carbocycles. The number of rotatable bonds is 0. The molecular weight excluding hydrogens is 271 g/mol. The predicted molar refractivity (Wildman–Crippen MR) is 78.6 cm³/mol. The highest BCUT2D eigenvalue weighted by Crippen LogP contribution is 2.29. The van der Waals surface area contributed by atoms with Crippen LogP contribution in [0.1, 0.15) is 32.0 Å². The van der Waals surface area contributed by atoms with Crippen molar-refractivity contribution in [3.05, 3.63) is 35.3 Å². The van der Waals surface area contributed by atoms with Gasteiger partial charge in [-0.2, -0.15) is 0 Å². The van der Waals surface area contributed by atoms with Crippen molar-refractivity contribution >= 4 is 17.0 Å². The Balaban J connectivity index is 1.88. The van der Waals surface area contributed by atoms with Gasteiger partial charge in [-0.3, -0.25) is 0 Å². The van der Waals surface area contributed by atoms with Gasteiger partial charge >= 0.3 is 6.09 Å². The minimum absolute atomic E-state index is 0.212. The number of H-pyrrole nitrogens is 1. The number of nitrogens with one attached hydrogen (secondary N) is 1. The molecule has 0 bridgehead atoms. The fourth-order valence-corrected chi connectivity index (χ4v) is 2.73. The molecule has 5 heteroatoms. The van der Waals surface area contributed by atoms with Crippen LogP contribution >= 0.6 is 0 Å². The zero-order valence-electron chi connectivity index (χ0n) is 12.5. The first-order valence-corrected chi connectivity index (χ1v) is 7.11. The quantitative estimate of drug-likeness (QED) is 0.805. The third-order valence-corrected chi connectivity index (χ3v) is 3.60. The second kappa shape index (κ2) is 4.76. The first-order chi connectivity index (χ1) is 9.85. The first-order valence-electron chi connectivity index (χ1n) is 7.11. The summed E-state index contributed by atoms with van der Waals surface area (Å²) in [5.41, 5.74) is 2.14. The minimum Gasteiger partial charge on any atom is -0.444 e. The second-order valence-corrected chi connectivity index (χ2v) is 6.40. The van der Waals surface area contributed by atoms with Crippen LogP contribution in [-0.4, -0.2) is 28.1 Å². The van der Waals surface area contributed by atoms with Crippen LogP contribution in [0.3, 0.4) is 0 Å². The van der Waals surface area contributed by atoms with Gasteiger partial charge in [0.25, 0.3) is 0 Å². The van der Waals surface area contributed by atoms with E-state index in [1.54, 1.807) is 11.0 Å². The molecular formula is C16H19FN2O2. The Kier molecular flexibility index (Phi) is 3.15. The number of aromatic amines is 1. The molecule has 2 aromatic rings. The number of fused-ring (bicyclic) bond motifs is 3. The summed E-state index contributed by atoms with van der Waals surface area (Å²) in [6.45, 7) is 6.51. The Morgan fingerprint density at radius 3 is 2.86 bits per heavy atom. The van der Waals surface area contributed by atoms with E-state index in [4.69, 9.17) is 4.74 Å². The second-order valence-electron chi connectivity index (χ2n) is 6.40. The summed E-state index contributed by atoms with van der Waals surface area (Å²) in [7, 11) is 0. The maximum atomic E-state index is 14.0. The highest BCUT2D eigenvalue weighted by molar-refractivity contribution is 5.86. The smallest absolute Gasteiger partial charge is 0.410 e. The van der Waals surface area contributed by atoms with Crippen LogP contribution in [-0.2, 0) is 17.7 Å². The zero-order chi connectivity index (χ0) is 15.2. The Morgan fingerprint density at radius 1 is 1.38 bits per heavy atom. The van der Waals surface area contributed by atoms with E-state index in [-0.39, 0.29) is 11.9 Å². The predicted octanol–water partition coefficient (Wildman–Crippen LogP) is 3.60.